The monoisotopic (exact) mass is 184 g/mol. The van der Waals surface area contributed by atoms with E-state index < -0.39 is 18.3 Å². The number of aliphatic carboxylic acids is 1. The van der Waals surface area contributed by atoms with Crippen LogP contribution in [0.3, 0.4) is 0 Å². The number of hydrogen-bond donors (Lipinski definition) is 3. The zero-order valence-electron chi connectivity index (χ0n) is 7.06. The smallest absolute Gasteiger partial charge is 0.329 e. The van der Waals surface area contributed by atoms with E-state index >= 15 is 0 Å². The molecule has 1 rings (SSSR count). The van der Waals surface area contributed by atoms with E-state index in [1.54, 1.807) is 18.2 Å². The number of carboxylic acids is 1. The first kappa shape index (κ1) is 9.76. The maximum absolute atomic E-state index is 10.2. The summed E-state index contributed by atoms with van der Waals surface area (Å²) in [7, 11) is 0. The van der Waals surface area contributed by atoms with Crippen molar-refractivity contribution < 1.29 is 14.6 Å². The second-order valence-electron chi connectivity index (χ2n) is 2.91. The quantitative estimate of drug-likeness (QED) is 0.516. The van der Waals surface area contributed by atoms with E-state index in [-0.39, 0.29) is 0 Å². The summed E-state index contributed by atoms with van der Waals surface area (Å²) in [6.45, 7) is -0.423. The summed E-state index contributed by atoms with van der Waals surface area (Å²) in [6, 6.07) is 0. The molecule has 13 heavy (non-hydrogen) atoms. The standard InChI is InChI=1S/C8H12N2O3/c9-6-2-1-3-8(10,4-6)13-5-7(11)12/h1-3H,4-5,9-10H2,(H,11,12). The van der Waals surface area contributed by atoms with Gasteiger partial charge in [0, 0.05) is 12.1 Å². The molecule has 72 valence electrons. The topological polar surface area (TPSA) is 98.6 Å². The summed E-state index contributed by atoms with van der Waals surface area (Å²) in [4.78, 5) is 10.2. The number of allylic oxidation sites excluding steroid dienone is 2. The van der Waals surface area contributed by atoms with Crippen molar-refractivity contribution in [2.24, 2.45) is 11.5 Å². The van der Waals surface area contributed by atoms with Crippen LogP contribution in [0.25, 0.3) is 0 Å². The van der Waals surface area contributed by atoms with Crippen molar-refractivity contribution >= 4 is 5.97 Å². The lowest BCUT2D eigenvalue weighted by atomic mass is 10.0. The first-order chi connectivity index (χ1) is 6.02. The molecule has 0 saturated carbocycles. The Balaban J connectivity index is 2.53. The van der Waals surface area contributed by atoms with E-state index in [0.29, 0.717) is 12.1 Å². The van der Waals surface area contributed by atoms with Gasteiger partial charge in [0.1, 0.15) is 12.3 Å². The Morgan fingerprint density at radius 3 is 3.00 bits per heavy atom. The molecular weight excluding hydrogens is 172 g/mol. The third-order valence-electron chi connectivity index (χ3n) is 1.63. The minimum absolute atomic E-state index is 0.316. The van der Waals surface area contributed by atoms with Crippen LogP contribution >= 0.6 is 0 Å². The SMILES string of the molecule is NC1=CC=CC(N)(OCC(=O)O)C1. The Kier molecular flexibility index (Phi) is 2.69. The first-order valence-electron chi connectivity index (χ1n) is 3.80. The number of nitrogens with two attached hydrogens (primary N) is 2. The average molecular weight is 184 g/mol. The van der Waals surface area contributed by atoms with Crippen molar-refractivity contribution in [3.63, 3.8) is 0 Å². The lowest BCUT2D eigenvalue weighted by molar-refractivity contribution is -0.147. The molecule has 0 spiro atoms. The van der Waals surface area contributed by atoms with E-state index in [0.717, 1.165) is 0 Å². The predicted molar refractivity (Wildman–Crippen MR) is 46.5 cm³/mol. The fourth-order valence-electron chi connectivity index (χ4n) is 1.07. The summed E-state index contributed by atoms with van der Waals surface area (Å²) >= 11 is 0. The predicted octanol–water partition coefficient (Wildman–Crippen LogP) is -0.455. The fourth-order valence-corrected chi connectivity index (χ4v) is 1.07. The van der Waals surface area contributed by atoms with E-state index in [9.17, 15) is 4.79 Å². The molecule has 0 fully saturated rings. The molecule has 0 aromatic heterocycles. The van der Waals surface area contributed by atoms with Crippen molar-refractivity contribution in [3.8, 4) is 0 Å². The Morgan fingerprint density at radius 1 is 1.77 bits per heavy atom. The van der Waals surface area contributed by atoms with Gasteiger partial charge in [-0.1, -0.05) is 6.08 Å². The molecule has 0 bridgehead atoms. The Hall–Kier alpha value is -1.33. The van der Waals surface area contributed by atoms with Gasteiger partial charge in [0.25, 0.3) is 0 Å². The van der Waals surface area contributed by atoms with Gasteiger partial charge in [-0.15, -0.1) is 0 Å². The van der Waals surface area contributed by atoms with E-state index in [1.165, 1.54) is 0 Å². The van der Waals surface area contributed by atoms with Crippen LogP contribution in [0, 0.1) is 0 Å². The summed E-state index contributed by atoms with van der Waals surface area (Å²) in [5, 5.41) is 8.37. The van der Waals surface area contributed by atoms with Gasteiger partial charge in [-0.05, 0) is 12.2 Å². The summed E-state index contributed by atoms with van der Waals surface area (Å²) in [6.07, 6.45) is 5.26. The zero-order chi connectivity index (χ0) is 9.90. The second kappa shape index (κ2) is 3.59. The van der Waals surface area contributed by atoms with E-state index in [1.807, 2.05) is 0 Å². The Morgan fingerprint density at radius 2 is 2.46 bits per heavy atom. The maximum atomic E-state index is 10.2. The van der Waals surface area contributed by atoms with Crippen molar-refractivity contribution in [2.45, 2.75) is 12.1 Å². The van der Waals surface area contributed by atoms with Crippen LogP contribution in [-0.2, 0) is 9.53 Å². The summed E-state index contributed by atoms with van der Waals surface area (Å²) in [5.41, 5.74) is 10.7. The normalized spacial score (nSPS) is 27.0. The van der Waals surface area contributed by atoms with Crippen LogP contribution in [0.4, 0.5) is 0 Å². The summed E-state index contributed by atoms with van der Waals surface area (Å²) < 4.78 is 4.97. The molecule has 0 aliphatic heterocycles. The van der Waals surface area contributed by atoms with Gasteiger partial charge in [-0.25, -0.2) is 4.79 Å². The third kappa shape index (κ3) is 2.89. The van der Waals surface area contributed by atoms with Crippen LogP contribution in [0.15, 0.2) is 23.9 Å². The molecule has 0 aromatic carbocycles. The molecule has 5 heteroatoms. The van der Waals surface area contributed by atoms with Gasteiger partial charge >= 0.3 is 5.97 Å². The Bertz CT molecular complexity index is 273. The van der Waals surface area contributed by atoms with Crippen LogP contribution in [0.2, 0.25) is 0 Å². The molecular formula is C8H12N2O3. The molecule has 0 saturated heterocycles. The number of rotatable bonds is 3. The fraction of sp³-hybridized carbons (Fsp3) is 0.375. The van der Waals surface area contributed by atoms with Crippen molar-refractivity contribution in [3.05, 3.63) is 23.9 Å². The minimum atomic E-state index is -1.07. The minimum Gasteiger partial charge on any atom is -0.480 e. The van der Waals surface area contributed by atoms with E-state index in [4.69, 9.17) is 21.3 Å². The van der Waals surface area contributed by atoms with Crippen LogP contribution in [-0.4, -0.2) is 23.4 Å². The average Bonchev–Trinajstić information content (AvgIpc) is 2.01. The molecule has 0 amide bonds. The molecule has 0 aromatic rings. The van der Waals surface area contributed by atoms with Gasteiger partial charge in [-0.2, -0.15) is 0 Å². The molecule has 1 atom stereocenters. The summed E-state index contributed by atoms with van der Waals surface area (Å²) in [5.74, 6) is -1.05. The van der Waals surface area contributed by atoms with Crippen molar-refractivity contribution in [1.82, 2.24) is 0 Å². The highest BCUT2D eigenvalue weighted by molar-refractivity contribution is 5.68. The van der Waals surface area contributed by atoms with Gasteiger partial charge in [0.2, 0.25) is 0 Å². The third-order valence-corrected chi connectivity index (χ3v) is 1.63. The Labute approximate surface area is 75.7 Å². The molecule has 1 aliphatic rings. The van der Waals surface area contributed by atoms with Crippen LogP contribution in [0.5, 0.6) is 0 Å². The number of carbonyl (C=O) groups is 1. The lowest BCUT2D eigenvalue weighted by Crippen LogP contribution is -2.44. The van der Waals surface area contributed by atoms with Gasteiger partial charge in [0.15, 0.2) is 0 Å². The number of carboxylic acid groups (broad SMARTS) is 1. The highest BCUT2D eigenvalue weighted by Gasteiger charge is 2.25. The molecule has 0 radical (unpaired) electrons. The molecule has 0 heterocycles. The maximum Gasteiger partial charge on any atom is 0.329 e. The van der Waals surface area contributed by atoms with Gasteiger partial charge in [0.05, 0.1) is 0 Å². The second-order valence-corrected chi connectivity index (χ2v) is 2.91. The van der Waals surface area contributed by atoms with Gasteiger partial charge in [-0.3, -0.25) is 5.73 Å². The highest BCUT2D eigenvalue weighted by Crippen LogP contribution is 2.18. The zero-order valence-corrected chi connectivity index (χ0v) is 7.06. The number of hydrogen-bond acceptors (Lipinski definition) is 4. The molecule has 1 unspecified atom stereocenters. The van der Waals surface area contributed by atoms with Crippen LogP contribution < -0.4 is 11.5 Å². The molecule has 5 N–H and O–H groups in total. The van der Waals surface area contributed by atoms with Crippen LogP contribution in [0.1, 0.15) is 6.42 Å². The highest BCUT2D eigenvalue weighted by atomic mass is 16.5. The number of ether oxygens (including phenoxy) is 1. The first-order valence-corrected chi connectivity index (χ1v) is 3.80. The lowest BCUT2D eigenvalue weighted by Gasteiger charge is -2.27. The van der Waals surface area contributed by atoms with Crippen molar-refractivity contribution in [2.75, 3.05) is 6.61 Å². The van der Waals surface area contributed by atoms with Gasteiger partial charge < -0.3 is 15.6 Å². The van der Waals surface area contributed by atoms with Crippen molar-refractivity contribution in [1.29, 1.82) is 0 Å². The van der Waals surface area contributed by atoms with E-state index in [2.05, 4.69) is 0 Å². The molecule has 5 nitrogen and oxygen atoms in total. The molecule has 1 aliphatic carbocycles. The largest absolute Gasteiger partial charge is 0.480 e.